The molecule has 3 aromatic rings. The predicted molar refractivity (Wildman–Crippen MR) is 107 cm³/mol. The van der Waals surface area contributed by atoms with Crippen molar-refractivity contribution in [1.82, 2.24) is 5.43 Å². The van der Waals surface area contributed by atoms with Gasteiger partial charge in [-0.2, -0.15) is 5.10 Å². The maximum absolute atomic E-state index is 12.2. The Morgan fingerprint density at radius 1 is 0.852 bits per heavy atom. The summed E-state index contributed by atoms with van der Waals surface area (Å²) in [5, 5.41) is 4.39. The summed E-state index contributed by atoms with van der Waals surface area (Å²) in [6.45, 7) is 3.92. The number of rotatable bonds is 4. The number of aryl methyl sites for hydroxylation is 2. The fourth-order valence-electron chi connectivity index (χ4n) is 3.43. The second-order valence-electron chi connectivity index (χ2n) is 6.70. The van der Waals surface area contributed by atoms with E-state index in [0.717, 1.165) is 39.1 Å². The van der Waals surface area contributed by atoms with Gasteiger partial charge in [0.25, 0.3) is 5.91 Å². The third-order valence-corrected chi connectivity index (χ3v) is 4.51. The molecular formula is C23H20N2O2. The number of hydrogen-bond acceptors (Lipinski definition) is 3. The molecule has 4 heteroatoms. The van der Waals surface area contributed by atoms with E-state index >= 15 is 0 Å². The van der Waals surface area contributed by atoms with Gasteiger partial charge >= 0.3 is 0 Å². The number of hydrazone groups is 1. The van der Waals surface area contributed by atoms with Gasteiger partial charge in [0, 0.05) is 11.1 Å². The van der Waals surface area contributed by atoms with Crippen molar-refractivity contribution in [3.05, 3.63) is 89.0 Å². The van der Waals surface area contributed by atoms with Crippen LogP contribution in [0.1, 0.15) is 22.3 Å². The van der Waals surface area contributed by atoms with Gasteiger partial charge in [-0.1, -0.05) is 54.6 Å². The zero-order valence-electron chi connectivity index (χ0n) is 15.3. The van der Waals surface area contributed by atoms with E-state index in [4.69, 9.17) is 4.74 Å². The topological polar surface area (TPSA) is 50.7 Å². The Bertz CT molecular complexity index is 986. The Labute approximate surface area is 158 Å². The Kier molecular flexibility index (Phi) is 4.47. The quantitative estimate of drug-likeness (QED) is 0.556. The first kappa shape index (κ1) is 17.0. The minimum absolute atomic E-state index is 0.0804. The normalized spacial score (nSPS) is 11.6. The number of fused-ring (bicyclic) bond motifs is 3. The fourth-order valence-corrected chi connectivity index (χ4v) is 3.43. The van der Waals surface area contributed by atoms with Gasteiger partial charge in [-0.15, -0.1) is 0 Å². The molecule has 1 N–H and O–H groups in total. The van der Waals surface area contributed by atoms with Crippen molar-refractivity contribution in [2.75, 3.05) is 6.61 Å². The molecule has 1 amide bonds. The average Bonchev–Trinajstić information content (AvgIpc) is 2.98. The molecule has 0 atom stereocenters. The molecule has 134 valence electrons. The highest BCUT2D eigenvalue weighted by atomic mass is 16.5. The number of carbonyl (C=O) groups excluding carboxylic acids is 1. The van der Waals surface area contributed by atoms with Crippen LogP contribution in [0.15, 0.2) is 71.8 Å². The Balaban J connectivity index is 1.50. The second-order valence-corrected chi connectivity index (χ2v) is 6.70. The lowest BCUT2D eigenvalue weighted by Gasteiger charge is -2.08. The number of carbonyl (C=O) groups is 1. The smallest absolute Gasteiger partial charge is 0.277 e. The number of amides is 1. The van der Waals surface area contributed by atoms with Gasteiger partial charge in [-0.05, 0) is 48.2 Å². The van der Waals surface area contributed by atoms with Crippen molar-refractivity contribution in [3.63, 3.8) is 0 Å². The molecule has 0 aromatic heterocycles. The molecule has 0 fully saturated rings. The van der Waals surface area contributed by atoms with Gasteiger partial charge in [0.1, 0.15) is 5.75 Å². The SMILES string of the molecule is Cc1cc(C)cc(OCC(=O)NN=C2c3ccccc3-c3ccccc32)c1. The van der Waals surface area contributed by atoms with Crippen molar-refractivity contribution in [2.24, 2.45) is 5.10 Å². The molecule has 0 aliphatic heterocycles. The van der Waals surface area contributed by atoms with Crippen LogP contribution in [0, 0.1) is 13.8 Å². The lowest BCUT2D eigenvalue weighted by atomic mass is 10.1. The molecule has 4 rings (SSSR count). The summed E-state index contributed by atoms with van der Waals surface area (Å²) >= 11 is 0. The number of nitrogens with zero attached hydrogens (tertiary/aromatic N) is 1. The van der Waals surface area contributed by atoms with Gasteiger partial charge in [-0.25, -0.2) is 5.43 Å². The van der Waals surface area contributed by atoms with Crippen LogP contribution < -0.4 is 10.2 Å². The van der Waals surface area contributed by atoms with Crippen molar-refractivity contribution in [1.29, 1.82) is 0 Å². The predicted octanol–water partition coefficient (Wildman–Crippen LogP) is 4.23. The summed E-state index contributed by atoms with van der Waals surface area (Å²) in [4.78, 5) is 12.2. The zero-order chi connectivity index (χ0) is 18.8. The molecule has 1 aliphatic rings. The van der Waals surface area contributed by atoms with Crippen LogP contribution in [0.25, 0.3) is 11.1 Å². The molecule has 1 aliphatic carbocycles. The largest absolute Gasteiger partial charge is 0.484 e. The summed E-state index contributed by atoms with van der Waals surface area (Å²) in [6.07, 6.45) is 0. The summed E-state index contributed by atoms with van der Waals surface area (Å²) in [5.74, 6) is 0.399. The highest BCUT2D eigenvalue weighted by Gasteiger charge is 2.24. The van der Waals surface area contributed by atoms with Crippen molar-refractivity contribution >= 4 is 11.6 Å². The summed E-state index contributed by atoms with van der Waals surface area (Å²) in [7, 11) is 0. The van der Waals surface area contributed by atoms with Gasteiger partial charge < -0.3 is 4.74 Å². The molecule has 3 aromatic carbocycles. The maximum Gasteiger partial charge on any atom is 0.277 e. The summed E-state index contributed by atoms with van der Waals surface area (Å²) < 4.78 is 5.60. The minimum Gasteiger partial charge on any atom is -0.484 e. The first-order valence-corrected chi connectivity index (χ1v) is 8.88. The van der Waals surface area contributed by atoms with E-state index in [1.165, 1.54) is 0 Å². The molecule has 0 radical (unpaired) electrons. The van der Waals surface area contributed by atoms with Crippen molar-refractivity contribution in [3.8, 4) is 16.9 Å². The van der Waals surface area contributed by atoms with Crippen LogP contribution in [0.5, 0.6) is 5.75 Å². The van der Waals surface area contributed by atoms with Crippen LogP contribution >= 0.6 is 0 Å². The van der Waals surface area contributed by atoms with E-state index in [9.17, 15) is 4.79 Å². The average molecular weight is 356 g/mol. The van der Waals surface area contributed by atoms with E-state index in [-0.39, 0.29) is 12.5 Å². The number of benzene rings is 3. The van der Waals surface area contributed by atoms with Crippen LogP contribution in [0.3, 0.4) is 0 Å². The molecule has 0 unspecified atom stereocenters. The van der Waals surface area contributed by atoms with Crippen LogP contribution in [-0.2, 0) is 4.79 Å². The van der Waals surface area contributed by atoms with Gasteiger partial charge in [0.15, 0.2) is 6.61 Å². The highest BCUT2D eigenvalue weighted by Crippen LogP contribution is 2.36. The molecule has 0 bridgehead atoms. The molecule has 4 nitrogen and oxygen atoms in total. The monoisotopic (exact) mass is 356 g/mol. The standard InChI is InChI=1S/C23H20N2O2/c1-15-11-16(2)13-17(12-15)27-14-22(26)24-25-23-20-9-5-3-7-18(20)19-8-4-6-10-21(19)23/h3-13H,14H2,1-2H3,(H,24,26). The van der Waals surface area contributed by atoms with Crippen LogP contribution in [0.4, 0.5) is 0 Å². The minimum atomic E-state index is -0.288. The van der Waals surface area contributed by atoms with Crippen LogP contribution in [-0.4, -0.2) is 18.2 Å². The Hall–Kier alpha value is -3.40. The summed E-state index contributed by atoms with van der Waals surface area (Å²) in [6, 6.07) is 22.0. The maximum atomic E-state index is 12.2. The van der Waals surface area contributed by atoms with E-state index in [1.807, 2.05) is 62.4 Å². The molecule has 0 saturated heterocycles. The van der Waals surface area contributed by atoms with E-state index in [0.29, 0.717) is 5.75 Å². The fraction of sp³-hybridized carbons (Fsp3) is 0.130. The Morgan fingerprint density at radius 2 is 1.37 bits per heavy atom. The molecular weight excluding hydrogens is 336 g/mol. The van der Waals surface area contributed by atoms with E-state index in [1.54, 1.807) is 0 Å². The number of ether oxygens (including phenoxy) is 1. The highest BCUT2D eigenvalue weighted by molar-refractivity contribution is 6.24. The molecule has 0 saturated carbocycles. The first-order valence-electron chi connectivity index (χ1n) is 8.88. The van der Waals surface area contributed by atoms with Gasteiger partial charge in [0.2, 0.25) is 0 Å². The van der Waals surface area contributed by atoms with Crippen molar-refractivity contribution in [2.45, 2.75) is 13.8 Å². The lowest BCUT2D eigenvalue weighted by Crippen LogP contribution is -2.26. The molecule has 27 heavy (non-hydrogen) atoms. The van der Waals surface area contributed by atoms with E-state index < -0.39 is 0 Å². The van der Waals surface area contributed by atoms with Crippen LogP contribution in [0.2, 0.25) is 0 Å². The van der Waals surface area contributed by atoms with Gasteiger partial charge in [-0.3, -0.25) is 4.79 Å². The zero-order valence-corrected chi connectivity index (χ0v) is 15.3. The first-order chi connectivity index (χ1) is 13.1. The van der Waals surface area contributed by atoms with E-state index in [2.05, 4.69) is 28.7 Å². The third-order valence-electron chi connectivity index (χ3n) is 4.51. The molecule has 0 spiro atoms. The summed E-state index contributed by atoms with van der Waals surface area (Å²) in [5.41, 5.74) is 9.92. The number of hydrogen-bond donors (Lipinski definition) is 1. The second kappa shape index (κ2) is 7.08. The third kappa shape index (κ3) is 3.47. The Morgan fingerprint density at radius 3 is 1.93 bits per heavy atom. The van der Waals surface area contributed by atoms with Crippen molar-refractivity contribution < 1.29 is 9.53 Å². The number of nitrogens with one attached hydrogen (secondary N) is 1. The van der Waals surface area contributed by atoms with Gasteiger partial charge in [0.05, 0.1) is 5.71 Å². The lowest BCUT2D eigenvalue weighted by molar-refractivity contribution is -0.123. The molecule has 0 heterocycles.